The van der Waals surface area contributed by atoms with Crippen LogP contribution in [0.3, 0.4) is 0 Å². The summed E-state index contributed by atoms with van der Waals surface area (Å²) in [6, 6.07) is 29.1. The lowest BCUT2D eigenvalue weighted by Crippen LogP contribution is -2.39. The minimum Gasteiger partial charge on any atom is -0.445 e. The van der Waals surface area contributed by atoms with Crippen molar-refractivity contribution >= 4 is 57.3 Å². The van der Waals surface area contributed by atoms with E-state index >= 15 is 0 Å². The van der Waals surface area contributed by atoms with Crippen molar-refractivity contribution in [2.75, 3.05) is 23.7 Å². The molecular weight excluding hydrogens is 690 g/mol. The molecule has 13 heteroatoms. The van der Waals surface area contributed by atoms with Gasteiger partial charge in [-0.3, -0.25) is 4.98 Å². The Morgan fingerprint density at radius 1 is 0.980 bits per heavy atom. The van der Waals surface area contributed by atoms with E-state index in [0.717, 1.165) is 11.1 Å². The third-order valence-corrected chi connectivity index (χ3v) is 9.38. The minimum atomic E-state index is -0.551. The molecular formula is C38H31Cl2FN8O2. The number of benzene rings is 4. The number of hydrogen-bond donors (Lipinski definition) is 2. The summed E-state index contributed by atoms with van der Waals surface area (Å²) < 4.78 is 21.3. The maximum atomic E-state index is 13.9. The lowest BCUT2D eigenvalue weighted by Gasteiger charge is -2.31. The number of likely N-dealkylation sites (tertiary alicyclic amines) is 1. The van der Waals surface area contributed by atoms with Crippen molar-refractivity contribution in [3.63, 3.8) is 0 Å². The topological polar surface area (TPSA) is 121 Å². The first-order valence-corrected chi connectivity index (χ1v) is 17.0. The van der Waals surface area contributed by atoms with E-state index < -0.39 is 11.9 Å². The molecule has 2 N–H and O–H groups in total. The number of nitriles is 1. The van der Waals surface area contributed by atoms with E-state index in [-0.39, 0.29) is 29.3 Å². The molecule has 1 aliphatic rings. The SMILES string of the molecule is N#Cc1cnc2c(Cl)cc(NC(c3ccccc3)c3cn(C4CCN(C(=O)OCc5ccccc5)CC4)nn3)cc2c1Nc1ccc(F)c(Cl)c1. The highest BCUT2D eigenvalue weighted by Crippen LogP contribution is 2.37. The van der Waals surface area contributed by atoms with Crippen molar-refractivity contribution in [3.8, 4) is 6.07 Å². The molecule has 7 rings (SSSR count). The molecule has 4 aromatic carbocycles. The van der Waals surface area contributed by atoms with Gasteiger partial charge in [-0.2, -0.15) is 5.26 Å². The van der Waals surface area contributed by atoms with Gasteiger partial charge in [0.2, 0.25) is 0 Å². The fourth-order valence-electron chi connectivity index (χ4n) is 6.15. The fraction of sp³-hybridized carbons (Fsp3) is 0.184. The van der Waals surface area contributed by atoms with E-state index in [2.05, 4.69) is 32.0 Å². The molecule has 3 heterocycles. The number of halogens is 3. The van der Waals surface area contributed by atoms with Crippen LogP contribution in [-0.4, -0.2) is 44.1 Å². The first-order chi connectivity index (χ1) is 24.9. The van der Waals surface area contributed by atoms with Crippen LogP contribution in [0.15, 0.2) is 103 Å². The van der Waals surface area contributed by atoms with E-state index in [4.69, 9.17) is 27.9 Å². The molecule has 1 aliphatic heterocycles. The molecule has 0 saturated carbocycles. The molecule has 6 aromatic rings. The second-order valence-electron chi connectivity index (χ2n) is 12.1. The van der Waals surface area contributed by atoms with Crippen LogP contribution in [0.2, 0.25) is 10.0 Å². The summed E-state index contributed by atoms with van der Waals surface area (Å²) in [6.45, 7) is 1.32. The number of fused-ring (bicyclic) bond motifs is 1. The third kappa shape index (κ3) is 7.57. The summed E-state index contributed by atoms with van der Waals surface area (Å²) in [5.74, 6) is -0.551. The number of aromatic nitrogens is 4. The average Bonchev–Trinajstić information content (AvgIpc) is 3.65. The summed E-state index contributed by atoms with van der Waals surface area (Å²) >= 11 is 12.8. The van der Waals surface area contributed by atoms with Crippen LogP contribution in [0.25, 0.3) is 10.9 Å². The number of carbonyl (C=O) groups excluding carboxylic acids is 1. The number of pyridine rings is 1. The van der Waals surface area contributed by atoms with Crippen LogP contribution >= 0.6 is 23.2 Å². The zero-order valence-electron chi connectivity index (χ0n) is 27.1. The molecule has 10 nitrogen and oxygen atoms in total. The molecule has 256 valence electrons. The Bertz CT molecular complexity index is 2220. The molecule has 1 fully saturated rings. The number of anilines is 3. The number of piperidine rings is 1. The normalized spacial score (nSPS) is 13.8. The van der Waals surface area contributed by atoms with Gasteiger partial charge in [0.05, 0.1) is 45.1 Å². The first kappa shape index (κ1) is 33.8. The van der Waals surface area contributed by atoms with E-state index in [1.54, 1.807) is 11.0 Å². The molecule has 1 saturated heterocycles. The maximum absolute atomic E-state index is 13.9. The summed E-state index contributed by atoms with van der Waals surface area (Å²) in [7, 11) is 0. The van der Waals surface area contributed by atoms with Gasteiger partial charge in [-0.25, -0.2) is 13.9 Å². The first-order valence-electron chi connectivity index (χ1n) is 16.3. The van der Waals surface area contributed by atoms with Gasteiger partial charge >= 0.3 is 6.09 Å². The van der Waals surface area contributed by atoms with Crippen LogP contribution in [-0.2, 0) is 11.3 Å². The highest BCUT2D eigenvalue weighted by molar-refractivity contribution is 6.36. The van der Waals surface area contributed by atoms with Crippen molar-refractivity contribution in [1.29, 1.82) is 5.26 Å². The number of ether oxygens (including phenoxy) is 1. The molecule has 1 amide bonds. The van der Waals surface area contributed by atoms with E-state index in [1.165, 1.54) is 24.4 Å². The summed E-state index contributed by atoms with van der Waals surface area (Å²) in [6.07, 6.45) is 4.46. The van der Waals surface area contributed by atoms with Gasteiger partial charge in [0.15, 0.2) is 0 Å². The van der Waals surface area contributed by atoms with Crippen molar-refractivity contribution in [2.45, 2.75) is 31.5 Å². The Labute approximate surface area is 303 Å². The Hall–Kier alpha value is -5.70. The molecule has 51 heavy (non-hydrogen) atoms. The highest BCUT2D eigenvalue weighted by atomic mass is 35.5. The van der Waals surface area contributed by atoms with Gasteiger partial charge < -0.3 is 20.3 Å². The zero-order valence-corrected chi connectivity index (χ0v) is 28.7. The molecule has 2 aromatic heterocycles. The summed E-state index contributed by atoms with van der Waals surface area (Å²) in [5.41, 5.74) is 4.92. The fourth-order valence-corrected chi connectivity index (χ4v) is 6.59. The van der Waals surface area contributed by atoms with Crippen molar-refractivity contribution in [1.82, 2.24) is 24.9 Å². The molecule has 0 radical (unpaired) electrons. The largest absolute Gasteiger partial charge is 0.445 e. The lowest BCUT2D eigenvalue weighted by atomic mass is 10.0. The van der Waals surface area contributed by atoms with E-state index in [1.807, 2.05) is 77.6 Å². The van der Waals surface area contributed by atoms with Gasteiger partial charge in [-0.1, -0.05) is 89.1 Å². The number of carbonyl (C=O) groups is 1. The minimum absolute atomic E-state index is 0.0529. The van der Waals surface area contributed by atoms with Gasteiger partial charge in [-0.15, -0.1) is 5.10 Å². The van der Waals surface area contributed by atoms with Gasteiger partial charge in [0.25, 0.3) is 0 Å². The van der Waals surface area contributed by atoms with Crippen LogP contribution in [0.1, 0.15) is 47.3 Å². The number of rotatable bonds is 9. The second-order valence-corrected chi connectivity index (χ2v) is 13.0. The van der Waals surface area contributed by atoms with Crippen molar-refractivity contribution in [3.05, 3.63) is 142 Å². The highest BCUT2D eigenvalue weighted by Gasteiger charge is 2.27. The Morgan fingerprint density at radius 3 is 2.43 bits per heavy atom. The zero-order chi connectivity index (χ0) is 35.3. The predicted molar refractivity (Wildman–Crippen MR) is 195 cm³/mol. The molecule has 0 spiro atoms. The molecule has 0 aliphatic carbocycles. The maximum Gasteiger partial charge on any atom is 0.410 e. The second kappa shape index (κ2) is 15.0. The molecule has 1 atom stereocenters. The summed E-state index contributed by atoms with van der Waals surface area (Å²) in [5, 5.41) is 26.7. The van der Waals surface area contributed by atoms with E-state index in [9.17, 15) is 14.4 Å². The van der Waals surface area contributed by atoms with Gasteiger partial charge in [-0.05, 0) is 54.3 Å². The van der Waals surface area contributed by atoms with Gasteiger partial charge in [0.1, 0.15) is 24.2 Å². The van der Waals surface area contributed by atoms with Crippen LogP contribution in [0, 0.1) is 17.1 Å². The Balaban J connectivity index is 1.12. The molecule has 0 bridgehead atoms. The van der Waals surface area contributed by atoms with Crippen LogP contribution in [0.4, 0.5) is 26.2 Å². The average molecular weight is 722 g/mol. The van der Waals surface area contributed by atoms with Gasteiger partial charge in [0, 0.05) is 36.0 Å². The number of nitrogens with zero attached hydrogens (tertiary/aromatic N) is 6. The monoisotopic (exact) mass is 720 g/mol. The number of nitrogens with one attached hydrogen (secondary N) is 2. The van der Waals surface area contributed by atoms with E-state index in [0.29, 0.717) is 64.6 Å². The van der Waals surface area contributed by atoms with Crippen LogP contribution in [0.5, 0.6) is 0 Å². The quantitative estimate of drug-likeness (QED) is 0.152. The lowest BCUT2D eigenvalue weighted by molar-refractivity contribution is 0.0820. The standard InChI is InChI=1S/C38H31Cl2FN8O2/c39-31-18-27(11-12-33(31)41)44-35-26(20-42)21-43-37-30(35)17-28(19-32(37)40)45-36(25-9-5-2-6-10-25)34-22-49(47-46-34)29-13-15-48(16-14-29)38(50)51-23-24-7-3-1-4-8-24/h1-12,17-19,21-22,29,36,45H,13-16,23H2,(H,43,44). The van der Waals surface area contributed by atoms with Crippen LogP contribution < -0.4 is 10.6 Å². The smallest absolute Gasteiger partial charge is 0.410 e. The Morgan fingerprint density at radius 2 is 1.71 bits per heavy atom. The van der Waals surface area contributed by atoms with Crippen molar-refractivity contribution < 1.29 is 13.9 Å². The Kier molecular flexibility index (Phi) is 9.97. The molecule has 1 unspecified atom stereocenters. The number of amides is 1. The number of hydrogen-bond acceptors (Lipinski definition) is 8. The predicted octanol–water partition coefficient (Wildman–Crippen LogP) is 9.06. The summed E-state index contributed by atoms with van der Waals surface area (Å²) in [4.78, 5) is 18.9. The third-order valence-electron chi connectivity index (χ3n) is 8.80. The van der Waals surface area contributed by atoms with Crippen molar-refractivity contribution in [2.24, 2.45) is 0 Å².